The molecule has 2 rings (SSSR count). The van der Waals surface area contributed by atoms with Gasteiger partial charge in [-0.3, -0.25) is 16.3 Å². The summed E-state index contributed by atoms with van der Waals surface area (Å²) in [5.74, 6) is 5.63. The summed E-state index contributed by atoms with van der Waals surface area (Å²) in [5.41, 5.74) is 5.21. The number of hydrogen-bond acceptors (Lipinski definition) is 3. The highest BCUT2D eigenvalue weighted by atomic mass is 79.9. The predicted molar refractivity (Wildman–Crippen MR) is 81.9 cm³/mol. The van der Waals surface area contributed by atoms with Crippen molar-refractivity contribution in [3.05, 3.63) is 63.3 Å². The van der Waals surface area contributed by atoms with Gasteiger partial charge in [0.1, 0.15) is 0 Å². The molecule has 1 atom stereocenters. The molecule has 0 aliphatic rings. The zero-order chi connectivity index (χ0) is 13.7. The predicted octanol–water partition coefficient (Wildman–Crippen LogP) is 3.11. The van der Waals surface area contributed by atoms with Gasteiger partial charge in [0, 0.05) is 27.9 Å². The highest BCUT2D eigenvalue weighted by molar-refractivity contribution is 9.10. The number of rotatable bonds is 5. The maximum atomic E-state index is 5.88. The Morgan fingerprint density at radius 2 is 1.84 bits per heavy atom. The van der Waals surface area contributed by atoms with E-state index in [9.17, 15) is 0 Å². The van der Waals surface area contributed by atoms with Crippen LogP contribution in [0.2, 0.25) is 5.02 Å². The summed E-state index contributed by atoms with van der Waals surface area (Å²) in [6.07, 6.45) is 5.30. The van der Waals surface area contributed by atoms with Gasteiger partial charge in [-0.1, -0.05) is 23.7 Å². The molecule has 0 aliphatic carbocycles. The second-order valence-corrected chi connectivity index (χ2v) is 5.76. The van der Waals surface area contributed by atoms with Gasteiger partial charge in [-0.15, -0.1) is 0 Å². The van der Waals surface area contributed by atoms with Gasteiger partial charge in [0.15, 0.2) is 0 Å². The average molecular weight is 341 g/mol. The topological polar surface area (TPSA) is 50.9 Å². The minimum Gasteiger partial charge on any atom is -0.271 e. The van der Waals surface area contributed by atoms with Crippen LogP contribution in [0.15, 0.2) is 47.2 Å². The molecule has 0 saturated heterocycles. The zero-order valence-electron chi connectivity index (χ0n) is 10.3. The van der Waals surface area contributed by atoms with Crippen molar-refractivity contribution in [1.82, 2.24) is 10.4 Å². The van der Waals surface area contributed by atoms with E-state index in [0.29, 0.717) is 0 Å². The molecule has 0 aliphatic heterocycles. The summed E-state index contributed by atoms with van der Waals surface area (Å²) >= 11 is 9.30. The molecular weight excluding hydrogens is 326 g/mol. The summed E-state index contributed by atoms with van der Waals surface area (Å²) in [5, 5.41) is 0.747. The fourth-order valence-corrected chi connectivity index (χ4v) is 2.49. The molecular formula is C14H15BrClN3. The van der Waals surface area contributed by atoms with Gasteiger partial charge in [0.05, 0.1) is 0 Å². The molecule has 100 valence electrons. The molecule has 5 heteroatoms. The third-order valence-electron chi connectivity index (χ3n) is 2.87. The lowest BCUT2D eigenvalue weighted by Gasteiger charge is -2.16. The van der Waals surface area contributed by atoms with Crippen LogP contribution in [0.4, 0.5) is 0 Å². The third kappa shape index (κ3) is 4.58. The first-order valence-electron chi connectivity index (χ1n) is 5.97. The number of nitrogens with one attached hydrogen (secondary N) is 1. The van der Waals surface area contributed by atoms with Crippen molar-refractivity contribution in [3.8, 4) is 0 Å². The fraction of sp³-hybridized carbons (Fsp3) is 0.214. The van der Waals surface area contributed by atoms with E-state index in [1.54, 1.807) is 6.20 Å². The molecule has 1 aromatic heterocycles. The number of pyridine rings is 1. The van der Waals surface area contributed by atoms with Gasteiger partial charge >= 0.3 is 0 Å². The lowest BCUT2D eigenvalue weighted by atomic mass is 10.0. The average Bonchev–Trinajstić information content (AvgIpc) is 2.40. The maximum absolute atomic E-state index is 5.88. The van der Waals surface area contributed by atoms with E-state index in [2.05, 4.69) is 32.4 Å². The molecule has 0 saturated carbocycles. The quantitative estimate of drug-likeness (QED) is 0.649. The lowest BCUT2D eigenvalue weighted by Crippen LogP contribution is -2.38. The monoisotopic (exact) mass is 339 g/mol. The second-order valence-electron chi connectivity index (χ2n) is 4.41. The first-order valence-corrected chi connectivity index (χ1v) is 7.14. The molecule has 1 heterocycles. The maximum Gasteiger partial charge on any atom is 0.0410 e. The number of hydrazine groups is 1. The van der Waals surface area contributed by atoms with E-state index in [1.165, 1.54) is 5.56 Å². The third-order valence-corrected chi connectivity index (χ3v) is 3.56. The minimum atomic E-state index is 0.164. The van der Waals surface area contributed by atoms with Crippen LogP contribution in [-0.4, -0.2) is 11.0 Å². The molecule has 0 spiro atoms. The Morgan fingerprint density at radius 1 is 1.16 bits per heavy atom. The Balaban J connectivity index is 2.02. The van der Waals surface area contributed by atoms with Gasteiger partial charge < -0.3 is 0 Å². The van der Waals surface area contributed by atoms with Crippen LogP contribution < -0.4 is 11.3 Å². The molecule has 3 nitrogen and oxygen atoms in total. The van der Waals surface area contributed by atoms with Crippen molar-refractivity contribution < 1.29 is 0 Å². The summed E-state index contributed by atoms with van der Waals surface area (Å²) in [4.78, 5) is 4.16. The lowest BCUT2D eigenvalue weighted by molar-refractivity contribution is 0.522. The Kier molecular flexibility index (Phi) is 5.34. The van der Waals surface area contributed by atoms with Crippen LogP contribution in [0, 0.1) is 0 Å². The van der Waals surface area contributed by atoms with E-state index < -0.39 is 0 Å². The molecule has 0 radical (unpaired) electrons. The molecule has 1 aromatic carbocycles. The van der Waals surface area contributed by atoms with E-state index in [0.717, 1.165) is 27.9 Å². The highest BCUT2D eigenvalue weighted by Gasteiger charge is 2.09. The molecule has 0 amide bonds. The Morgan fingerprint density at radius 3 is 2.47 bits per heavy atom. The number of benzene rings is 1. The normalized spacial score (nSPS) is 12.4. The molecule has 1 unspecified atom stereocenters. The molecule has 0 bridgehead atoms. The van der Waals surface area contributed by atoms with Crippen LogP contribution in [0.5, 0.6) is 0 Å². The summed E-state index contributed by atoms with van der Waals surface area (Å²) in [6, 6.07) is 10.0. The second kappa shape index (κ2) is 7.01. The van der Waals surface area contributed by atoms with Gasteiger partial charge in [0.25, 0.3) is 0 Å². The summed E-state index contributed by atoms with van der Waals surface area (Å²) in [7, 11) is 0. The molecule has 19 heavy (non-hydrogen) atoms. The van der Waals surface area contributed by atoms with Crippen LogP contribution in [0.1, 0.15) is 11.1 Å². The van der Waals surface area contributed by atoms with Crippen molar-refractivity contribution in [3.63, 3.8) is 0 Å². The van der Waals surface area contributed by atoms with Gasteiger partial charge in [-0.25, -0.2) is 0 Å². The summed E-state index contributed by atoms with van der Waals surface area (Å²) in [6.45, 7) is 0. The zero-order valence-corrected chi connectivity index (χ0v) is 12.7. The van der Waals surface area contributed by atoms with Crippen LogP contribution >= 0.6 is 27.5 Å². The smallest absolute Gasteiger partial charge is 0.0410 e. The SMILES string of the molecule is NNC(Cc1ccc(Cl)cc1)Cc1cncc(Br)c1. The molecule has 0 fully saturated rings. The Hall–Kier alpha value is -0.940. The van der Waals surface area contributed by atoms with Gasteiger partial charge in [-0.05, 0) is 58.1 Å². The molecule has 3 N–H and O–H groups in total. The Bertz CT molecular complexity index is 530. The molecule has 2 aromatic rings. The standard InChI is InChI=1S/C14H15BrClN3/c15-12-5-11(8-18-9-12)7-14(19-17)6-10-1-3-13(16)4-2-10/h1-5,8-9,14,19H,6-7,17H2. The highest BCUT2D eigenvalue weighted by Crippen LogP contribution is 2.14. The van der Waals surface area contributed by atoms with E-state index in [-0.39, 0.29) is 6.04 Å². The number of halogens is 2. The van der Waals surface area contributed by atoms with E-state index in [1.807, 2.05) is 30.5 Å². The van der Waals surface area contributed by atoms with Crippen molar-refractivity contribution in [2.24, 2.45) is 5.84 Å². The van der Waals surface area contributed by atoms with E-state index >= 15 is 0 Å². The van der Waals surface area contributed by atoms with Crippen LogP contribution in [0.3, 0.4) is 0 Å². The number of nitrogens with zero attached hydrogens (tertiary/aromatic N) is 1. The first kappa shape index (κ1) is 14.5. The van der Waals surface area contributed by atoms with Crippen molar-refractivity contribution in [2.75, 3.05) is 0 Å². The van der Waals surface area contributed by atoms with Crippen molar-refractivity contribution in [2.45, 2.75) is 18.9 Å². The fourth-order valence-electron chi connectivity index (χ4n) is 1.95. The van der Waals surface area contributed by atoms with Crippen molar-refractivity contribution >= 4 is 27.5 Å². The van der Waals surface area contributed by atoms with Crippen molar-refractivity contribution in [1.29, 1.82) is 0 Å². The minimum absolute atomic E-state index is 0.164. The van der Waals surface area contributed by atoms with Crippen LogP contribution in [0.25, 0.3) is 0 Å². The van der Waals surface area contributed by atoms with Gasteiger partial charge in [0.2, 0.25) is 0 Å². The van der Waals surface area contributed by atoms with Crippen LogP contribution in [-0.2, 0) is 12.8 Å². The number of aromatic nitrogens is 1. The Labute approximate surface area is 126 Å². The van der Waals surface area contributed by atoms with Gasteiger partial charge in [-0.2, -0.15) is 0 Å². The summed E-state index contributed by atoms with van der Waals surface area (Å²) < 4.78 is 0.979. The number of hydrogen-bond donors (Lipinski definition) is 2. The number of nitrogens with two attached hydrogens (primary N) is 1. The van der Waals surface area contributed by atoms with E-state index in [4.69, 9.17) is 17.4 Å². The largest absolute Gasteiger partial charge is 0.271 e. The first-order chi connectivity index (χ1) is 9.17.